The van der Waals surface area contributed by atoms with Crippen molar-refractivity contribution in [3.05, 3.63) is 82.0 Å². The predicted molar refractivity (Wildman–Crippen MR) is 225 cm³/mol. The Morgan fingerprint density at radius 3 is 2.38 bits per heavy atom. The number of aromatic nitrogens is 1. The molecule has 14 nitrogen and oxygen atoms in total. The lowest BCUT2D eigenvalue weighted by molar-refractivity contribution is -0.164. The van der Waals surface area contributed by atoms with E-state index in [4.69, 9.17) is 21.3 Å². The Balaban J connectivity index is 0.799. The van der Waals surface area contributed by atoms with Crippen LogP contribution in [0.15, 0.2) is 54.7 Å². The average Bonchev–Trinajstić information content (AvgIpc) is 3.47. The molecule has 8 rings (SSSR count). The number of amides is 5. The maximum atomic E-state index is 13.5. The normalized spacial score (nSPS) is 25.2. The molecule has 2 aromatic carbocycles. The van der Waals surface area contributed by atoms with E-state index in [-0.39, 0.29) is 58.9 Å². The zero-order chi connectivity index (χ0) is 42.5. The van der Waals surface area contributed by atoms with Gasteiger partial charge < -0.3 is 25.2 Å². The Labute approximate surface area is 355 Å². The molecule has 15 heteroatoms. The van der Waals surface area contributed by atoms with Crippen LogP contribution >= 0.6 is 11.6 Å². The molecule has 3 aromatic rings. The first-order valence-corrected chi connectivity index (χ1v) is 21.2. The van der Waals surface area contributed by atoms with Crippen LogP contribution in [0.25, 0.3) is 0 Å². The maximum absolute atomic E-state index is 13.5. The SMILES string of the molecule is CC1(C)C(NC(=O)c2ccc(N3CCC(CN4CCC[C@H](Nc5ccc6c(c5)C(=O)N(C5CCC(=O)NC5=O)C6=O)C4)CC3)nc2)C(C)(C)C1Oc1ccc(C#N)c(Cl)c1. The number of nitrogens with one attached hydrogen (secondary N) is 3. The lowest BCUT2D eigenvalue weighted by Gasteiger charge is -2.63. The third-order valence-corrected chi connectivity index (χ3v) is 13.5. The Bertz CT molecular complexity index is 2250. The molecule has 3 N–H and O–H groups in total. The van der Waals surface area contributed by atoms with Crippen molar-refractivity contribution in [1.82, 2.24) is 25.4 Å². The van der Waals surface area contributed by atoms with Crippen molar-refractivity contribution in [3.63, 3.8) is 0 Å². The number of fused-ring (bicyclic) bond motifs is 1. The number of benzene rings is 2. The molecule has 1 aromatic heterocycles. The van der Waals surface area contributed by atoms with Crippen molar-refractivity contribution in [3.8, 4) is 11.8 Å². The summed E-state index contributed by atoms with van der Waals surface area (Å²) in [5, 5.41) is 18.6. The van der Waals surface area contributed by atoms with E-state index in [1.54, 1.807) is 36.5 Å². The van der Waals surface area contributed by atoms with Gasteiger partial charge in [0.2, 0.25) is 11.8 Å². The number of nitrogens with zero attached hydrogens (tertiary/aromatic N) is 5. The molecule has 60 heavy (non-hydrogen) atoms. The Kier molecular flexibility index (Phi) is 11.1. The first kappa shape index (κ1) is 41.2. The third kappa shape index (κ3) is 7.81. The van der Waals surface area contributed by atoms with Crippen LogP contribution in [0.2, 0.25) is 5.02 Å². The Morgan fingerprint density at radius 2 is 1.70 bits per heavy atom. The number of hydrogen-bond donors (Lipinski definition) is 3. The molecule has 5 amide bonds. The Hall–Kier alpha value is -5.52. The van der Waals surface area contributed by atoms with E-state index in [9.17, 15) is 29.2 Å². The second-order valence-electron chi connectivity index (χ2n) is 18.1. The summed E-state index contributed by atoms with van der Waals surface area (Å²) in [5.41, 5.74) is 1.46. The van der Waals surface area contributed by atoms with Crippen molar-refractivity contribution in [2.75, 3.05) is 42.9 Å². The van der Waals surface area contributed by atoms with E-state index >= 15 is 0 Å². The van der Waals surface area contributed by atoms with Crippen LogP contribution < -0.4 is 25.6 Å². The van der Waals surface area contributed by atoms with E-state index in [1.807, 2.05) is 18.2 Å². The lowest BCUT2D eigenvalue weighted by Crippen LogP contribution is -2.74. The largest absolute Gasteiger partial charge is 0.489 e. The van der Waals surface area contributed by atoms with Crippen LogP contribution in [-0.4, -0.2) is 101 Å². The molecule has 1 unspecified atom stereocenters. The van der Waals surface area contributed by atoms with Gasteiger partial charge in [0, 0.05) is 73.5 Å². The van der Waals surface area contributed by atoms with Gasteiger partial charge in [-0.3, -0.25) is 34.2 Å². The highest BCUT2D eigenvalue weighted by molar-refractivity contribution is 6.31. The number of imide groups is 2. The van der Waals surface area contributed by atoms with Gasteiger partial charge in [0.25, 0.3) is 17.7 Å². The molecule has 1 saturated carbocycles. The highest BCUT2D eigenvalue weighted by Crippen LogP contribution is 2.55. The summed E-state index contributed by atoms with van der Waals surface area (Å²) in [5.74, 6) is -0.210. The van der Waals surface area contributed by atoms with Gasteiger partial charge >= 0.3 is 0 Å². The number of likely N-dealkylation sites (tertiary alicyclic amines) is 1. The number of piperidine rings is 3. The summed E-state index contributed by atoms with van der Waals surface area (Å²) in [6, 6.07) is 15.1. The molecule has 0 spiro atoms. The molecular weight excluding hydrogens is 784 g/mol. The van der Waals surface area contributed by atoms with Crippen molar-refractivity contribution >= 4 is 52.6 Å². The standard InChI is InChI=1S/C45H51ClN8O6/c1-44(2)42(45(3,4)43(44)60-31-10-7-27(22-47)34(46)21-31)51-38(56)28-8-13-36(48-23-28)53-18-15-26(16-19-53)24-52-17-5-6-30(25-52)49-29-9-11-32-33(20-29)41(59)54(40(32)58)35-12-14-37(55)50-39(35)57/h7-11,13,20-21,23,26,30,35,42-43,49H,5-6,12,14-19,24-25H2,1-4H3,(H,51,56)(H,50,55,57)/t30-,35?,42?,43?/m0/s1. The first-order valence-electron chi connectivity index (χ1n) is 20.9. The van der Waals surface area contributed by atoms with Gasteiger partial charge in [-0.15, -0.1) is 0 Å². The number of hydrogen-bond acceptors (Lipinski definition) is 11. The average molecular weight is 835 g/mol. The lowest BCUT2D eigenvalue weighted by atomic mass is 9.49. The number of anilines is 2. The van der Waals surface area contributed by atoms with Crippen LogP contribution in [0.5, 0.6) is 5.75 Å². The predicted octanol–water partition coefficient (Wildman–Crippen LogP) is 5.41. The molecule has 1 aliphatic carbocycles. The first-order chi connectivity index (χ1) is 28.6. The minimum atomic E-state index is -0.986. The molecule has 4 aliphatic heterocycles. The molecular formula is C45H51ClN8O6. The van der Waals surface area contributed by atoms with Crippen molar-refractivity contribution in [2.24, 2.45) is 16.7 Å². The molecule has 0 radical (unpaired) electrons. The molecule has 2 atom stereocenters. The fraction of sp³-hybridized carbons (Fsp3) is 0.489. The smallest absolute Gasteiger partial charge is 0.262 e. The topological polar surface area (TPSA) is 177 Å². The van der Waals surface area contributed by atoms with Gasteiger partial charge in [-0.1, -0.05) is 39.3 Å². The van der Waals surface area contributed by atoms with E-state index in [1.165, 1.54) is 0 Å². The third-order valence-electron chi connectivity index (χ3n) is 13.2. The van der Waals surface area contributed by atoms with Gasteiger partial charge in [0.15, 0.2) is 0 Å². The van der Waals surface area contributed by atoms with Crippen molar-refractivity contribution in [2.45, 2.75) is 90.4 Å². The summed E-state index contributed by atoms with van der Waals surface area (Å²) < 4.78 is 6.38. The number of rotatable bonds is 10. The highest BCUT2D eigenvalue weighted by atomic mass is 35.5. The van der Waals surface area contributed by atoms with Gasteiger partial charge in [-0.2, -0.15) is 5.26 Å². The van der Waals surface area contributed by atoms with E-state index in [0.717, 1.165) is 74.8 Å². The summed E-state index contributed by atoms with van der Waals surface area (Å²) in [6.07, 6.45) is 5.77. The minimum absolute atomic E-state index is 0.0829. The molecule has 3 saturated heterocycles. The fourth-order valence-corrected chi connectivity index (χ4v) is 10.6. The van der Waals surface area contributed by atoms with E-state index < -0.39 is 29.7 Å². The van der Waals surface area contributed by atoms with Crippen LogP contribution in [0.3, 0.4) is 0 Å². The van der Waals surface area contributed by atoms with Gasteiger partial charge in [0.05, 0.1) is 27.3 Å². The quantitative estimate of drug-likeness (QED) is 0.223. The minimum Gasteiger partial charge on any atom is -0.489 e. The molecule has 0 bridgehead atoms. The second kappa shape index (κ2) is 16.2. The number of carbonyl (C=O) groups excluding carboxylic acids is 5. The number of nitriles is 1. The zero-order valence-corrected chi connectivity index (χ0v) is 35.2. The number of carbonyl (C=O) groups is 5. The number of halogens is 1. The summed E-state index contributed by atoms with van der Waals surface area (Å²) in [6.45, 7) is 13.0. The van der Waals surface area contributed by atoms with E-state index in [2.05, 4.69) is 59.5 Å². The van der Waals surface area contributed by atoms with Gasteiger partial charge in [-0.05, 0) is 87.0 Å². The summed E-state index contributed by atoms with van der Waals surface area (Å²) >= 11 is 6.25. The van der Waals surface area contributed by atoms with Crippen LogP contribution in [-0.2, 0) is 9.59 Å². The van der Waals surface area contributed by atoms with Crippen LogP contribution in [0.1, 0.15) is 103 Å². The van der Waals surface area contributed by atoms with Crippen LogP contribution in [0.4, 0.5) is 11.5 Å². The Morgan fingerprint density at radius 1 is 0.950 bits per heavy atom. The zero-order valence-electron chi connectivity index (χ0n) is 34.4. The number of ether oxygens (including phenoxy) is 1. The molecule has 314 valence electrons. The second-order valence-corrected chi connectivity index (χ2v) is 18.5. The molecule has 5 heterocycles. The van der Waals surface area contributed by atoms with Gasteiger partial charge in [-0.25, -0.2) is 4.98 Å². The van der Waals surface area contributed by atoms with Gasteiger partial charge in [0.1, 0.15) is 29.8 Å². The summed E-state index contributed by atoms with van der Waals surface area (Å²) in [7, 11) is 0. The fourth-order valence-electron chi connectivity index (χ4n) is 10.4. The highest BCUT2D eigenvalue weighted by Gasteiger charge is 2.64. The van der Waals surface area contributed by atoms with Crippen molar-refractivity contribution < 1.29 is 28.7 Å². The molecule has 4 fully saturated rings. The van der Waals surface area contributed by atoms with Crippen molar-refractivity contribution in [1.29, 1.82) is 5.26 Å². The number of pyridine rings is 1. The maximum Gasteiger partial charge on any atom is 0.262 e. The summed E-state index contributed by atoms with van der Waals surface area (Å²) in [4.78, 5) is 74.6. The molecule has 5 aliphatic rings. The van der Waals surface area contributed by atoms with E-state index in [0.29, 0.717) is 27.8 Å². The monoisotopic (exact) mass is 834 g/mol. The van der Waals surface area contributed by atoms with Crippen LogP contribution in [0, 0.1) is 28.1 Å².